The molecule has 150 valence electrons. The number of nitrogens with one attached hydrogen (secondary N) is 1. The summed E-state index contributed by atoms with van der Waals surface area (Å²) in [6.45, 7) is 1.41. The van der Waals surface area contributed by atoms with Crippen LogP contribution in [0.25, 0.3) is 0 Å². The number of hydrogen-bond donors (Lipinski definition) is 1. The number of azo groups is 1. The normalized spacial score (nSPS) is 13.2. The topological polar surface area (TPSA) is 94.4 Å². The van der Waals surface area contributed by atoms with Gasteiger partial charge in [0.15, 0.2) is 0 Å². The number of halogens is 2. The number of fused-ring (bicyclic) bond motifs is 1. The highest BCUT2D eigenvalue weighted by Gasteiger charge is 2.36. The molecular formula is C19H17Br2N5O3. The largest absolute Gasteiger partial charge is 0.378 e. The molecule has 0 aromatic heterocycles. The molecular weight excluding hydrogens is 506 g/mol. The monoisotopic (exact) mass is 521 g/mol. The van der Waals surface area contributed by atoms with Crippen LogP contribution in [0.2, 0.25) is 0 Å². The number of amides is 3. The molecule has 0 atom stereocenters. The van der Waals surface area contributed by atoms with Gasteiger partial charge in [0, 0.05) is 38.2 Å². The second kappa shape index (κ2) is 8.03. The van der Waals surface area contributed by atoms with Crippen LogP contribution in [0.4, 0.5) is 22.7 Å². The predicted octanol–water partition coefficient (Wildman–Crippen LogP) is 4.88. The molecule has 0 aliphatic carbocycles. The van der Waals surface area contributed by atoms with E-state index in [2.05, 4.69) is 47.4 Å². The van der Waals surface area contributed by atoms with Crippen LogP contribution in [-0.4, -0.2) is 43.8 Å². The van der Waals surface area contributed by atoms with Gasteiger partial charge in [-0.05, 0) is 56.1 Å². The minimum Gasteiger partial charge on any atom is -0.378 e. The maximum absolute atomic E-state index is 12.4. The fourth-order valence-electron chi connectivity index (χ4n) is 2.80. The lowest BCUT2D eigenvalue weighted by atomic mass is 10.1. The second-order valence-corrected chi connectivity index (χ2v) is 8.24. The number of anilines is 2. The average Bonchev–Trinajstić information content (AvgIpc) is 2.86. The van der Waals surface area contributed by atoms with Crippen LogP contribution in [0.1, 0.15) is 27.6 Å². The number of carbonyl (C=O) groups excluding carboxylic acids is 3. The van der Waals surface area contributed by atoms with E-state index in [1.165, 1.54) is 14.0 Å². The minimum absolute atomic E-state index is 0.232. The summed E-state index contributed by atoms with van der Waals surface area (Å²) in [6, 6.07) is 6.94. The Morgan fingerprint density at radius 1 is 1.10 bits per heavy atom. The van der Waals surface area contributed by atoms with Crippen LogP contribution in [0.15, 0.2) is 43.4 Å². The summed E-state index contributed by atoms with van der Waals surface area (Å²) in [5, 5.41) is 11.3. The van der Waals surface area contributed by atoms with Gasteiger partial charge in [0.05, 0.1) is 21.3 Å². The Morgan fingerprint density at radius 3 is 2.41 bits per heavy atom. The minimum atomic E-state index is -0.407. The molecule has 0 saturated heterocycles. The molecule has 2 aromatic carbocycles. The lowest BCUT2D eigenvalue weighted by Gasteiger charge is -2.15. The van der Waals surface area contributed by atoms with Crippen molar-refractivity contribution < 1.29 is 14.4 Å². The quantitative estimate of drug-likeness (QED) is 0.457. The third-order valence-electron chi connectivity index (χ3n) is 4.31. The maximum atomic E-state index is 12.4. The molecule has 29 heavy (non-hydrogen) atoms. The Kier molecular flexibility index (Phi) is 5.85. The van der Waals surface area contributed by atoms with Crippen molar-refractivity contribution in [2.24, 2.45) is 10.2 Å². The molecule has 0 unspecified atom stereocenters. The fraction of sp³-hybridized carbons (Fsp3) is 0.211. The summed E-state index contributed by atoms with van der Waals surface area (Å²) in [7, 11) is 5.21. The first-order valence-electron chi connectivity index (χ1n) is 8.47. The van der Waals surface area contributed by atoms with Crippen LogP contribution >= 0.6 is 31.9 Å². The summed E-state index contributed by atoms with van der Waals surface area (Å²) >= 11 is 6.77. The molecule has 1 aliphatic rings. The number of rotatable bonds is 4. The maximum Gasteiger partial charge on any atom is 0.262 e. The van der Waals surface area contributed by atoms with E-state index in [-0.39, 0.29) is 17.4 Å². The van der Waals surface area contributed by atoms with Crippen LogP contribution in [-0.2, 0) is 4.79 Å². The van der Waals surface area contributed by atoms with Crippen LogP contribution < -0.4 is 10.2 Å². The number of carbonyl (C=O) groups is 3. The van der Waals surface area contributed by atoms with E-state index in [0.29, 0.717) is 31.6 Å². The van der Waals surface area contributed by atoms with Gasteiger partial charge in [0.1, 0.15) is 11.4 Å². The van der Waals surface area contributed by atoms with E-state index in [1.807, 2.05) is 25.1 Å². The second-order valence-electron chi connectivity index (χ2n) is 6.59. The first kappa shape index (κ1) is 21.1. The van der Waals surface area contributed by atoms with Crippen LogP contribution in [0, 0.1) is 0 Å². The zero-order chi connectivity index (χ0) is 21.5. The summed E-state index contributed by atoms with van der Waals surface area (Å²) in [5.74, 6) is -1.01. The van der Waals surface area contributed by atoms with Crippen molar-refractivity contribution in [1.29, 1.82) is 0 Å². The first-order valence-corrected chi connectivity index (χ1v) is 10.1. The highest BCUT2D eigenvalue weighted by atomic mass is 79.9. The molecule has 1 heterocycles. The number of hydrogen-bond acceptors (Lipinski definition) is 6. The van der Waals surface area contributed by atoms with Gasteiger partial charge < -0.3 is 10.2 Å². The average molecular weight is 523 g/mol. The smallest absolute Gasteiger partial charge is 0.262 e. The Labute approximate surface area is 184 Å². The number of nitrogens with zero attached hydrogens (tertiary/aromatic N) is 4. The van der Waals surface area contributed by atoms with E-state index < -0.39 is 5.91 Å². The van der Waals surface area contributed by atoms with E-state index in [0.717, 1.165) is 10.6 Å². The Morgan fingerprint density at radius 2 is 1.79 bits per heavy atom. The number of imide groups is 1. The zero-order valence-corrected chi connectivity index (χ0v) is 19.3. The van der Waals surface area contributed by atoms with Crippen molar-refractivity contribution in [3.8, 4) is 0 Å². The molecule has 0 fully saturated rings. The van der Waals surface area contributed by atoms with Crippen molar-refractivity contribution in [2.45, 2.75) is 6.92 Å². The lowest BCUT2D eigenvalue weighted by Crippen LogP contribution is -2.24. The van der Waals surface area contributed by atoms with Crippen molar-refractivity contribution in [2.75, 3.05) is 31.4 Å². The number of benzene rings is 2. The van der Waals surface area contributed by atoms with Crippen molar-refractivity contribution >= 4 is 72.3 Å². The van der Waals surface area contributed by atoms with Crippen LogP contribution in [0.5, 0.6) is 0 Å². The van der Waals surface area contributed by atoms with Crippen molar-refractivity contribution in [3.63, 3.8) is 0 Å². The van der Waals surface area contributed by atoms with Crippen molar-refractivity contribution in [3.05, 3.63) is 44.3 Å². The summed E-state index contributed by atoms with van der Waals surface area (Å²) in [6.07, 6.45) is 0. The van der Waals surface area contributed by atoms with Gasteiger partial charge in [-0.3, -0.25) is 19.3 Å². The molecule has 0 bridgehead atoms. The zero-order valence-electron chi connectivity index (χ0n) is 16.1. The Hall–Kier alpha value is -2.59. The molecule has 1 aliphatic heterocycles. The Bertz CT molecular complexity index is 1080. The lowest BCUT2D eigenvalue weighted by molar-refractivity contribution is -0.114. The third kappa shape index (κ3) is 3.95. The summed E-state index contributed by atoms with van der Waals surface area (Å²) < 4.78 is 0.883. The highest BCUT2D eigenvalue weighted by molar-refractivity contribution is 9.11. The fourth-order valence-corrected chi connectivity index (χ4v) is 4.25. The van der Waals surface area contributed by atoms with Gasteiger partial charge in [-0.15, -0.1) is 10.2 Å². The van der Waals surface area contributed by atoms with Gasteiger partial charge in [0.25, 0.3) is 11.8 Å². The molecule has 3 amide bonds. The van der Waals surface area contributed by atoms with Gasteiger partial charge >= 0.3 is 0 Å². The molecule has 0 saturated carbocycles. The molecule has 0 radical (unpaired) electrons. The van der Waals surface area contributed by atoms with Crippen molar-refractivity contribution in [1.82, 2.24) is 4.90 Å². The van der Waals surface area contributed by atoms with Gasteiger partial charge in [-0.25, -0.2) is 0 Å². The standard InChI is InChI=1S/C19H17Br2N5O3/c1-9(27)22-14-7-10(25(2)3)5-6-13(14)23-24-17-12(20)8-11-15(16(17)21)19(29)26(4)18(11)28/h5-8H,1-4H3,(H,22,27). The van der Waals surface area contributed by atoms with Crippen LogP contribution in [0.3, 0.4) is 0 Å². The molecule has 8 nitrogen and oxygen atoms in total. The molecule has 3 rings (SSSR count). The summed E-state index contributed by atoms with van der Waals surface area (Å²) in [4.78, 5) is 39.1. The highest BCUT2D eigenvalue weighted by Crippen LogP contribution is 2.42. The SMILES string of the molecule is CC(=O)Nc1cc(N(C)C)ccc1N=Nc1c(Br)cc2c(c1Br)C(=O)N(C)C2=O. The first-order chi connectivity index (χ1) is 13.6. The molecule has 1 N–H and O–H groups in total. The van der Waals surface area contributed by atoms with Gasteiger partial charge in [0.2, 0.25) is 5.91 Å². The summed E-state index contributed by atoms with van der Waals surface area (Å²) in [5.41, 5.74) is 2.76. The predicted molar refractivity (Wildman–Crippen MR) is 118 cm³/mol. The third-order valence-corrected chi connectivity index (χ3v) is 5.69. The molecule has 2 aromatic rings. The van der Waals surface area contributed by atoms with Gasteiger partial charge in [-0.1, -0.05) is 0 Å². The van der Waals surface area contributed by atoms with E-state index in [1.54, 1.807) is 18.2 Å². The molecule has 10 heteroatoms. The van der Waals surface area contributed by atoms with E-state index >= 15 is 0 Å². The Balaban J connectivity index is 2.07. The van der Waals surface area contributed by atoms with E-state index in [9.17, 15) is 14.4 Å². The van der Waals surface area contributed by atoms with E-state index in [4.69, 9.17) is 0 Å². The van der Waals surface area contributed by atoms with Gasteiger partial charge in [-0.2, -0.15) is 0 Å². The molecule has 0 spiro atoms.